The van der Waals surface area contributed by atoms with Crippen LogP contribution in [0.3, 0.4) is 0 Å². The zero-order valence-corrected chi connectivity index (χ0v) is 12.0. The second kappa shape index (κ2) is 6.80. The molecule has 0 aromatic heterocycles. The molecule has 0 heterocycles. The zero-order valence-electron chi connectivity index (χ0n) is 11.2. The lowest BCUT2D eigenvalue weighted by atomic mass is 10.1. The fourth-order valence-corrected chi connectivity index (χ4v) is 2.64. The highest BCUT2D eigenvalue weighted by Gasteiger charge is 2.22. The molecule has 2 rings (SSSR count). The number of halogens is 1. The molecule has 0 bridgehead atoms. The fourth-order valence-electron chi connectivity index (χ4n) is 2.45. The van der Waals surface area contributed by atoms with Gasteiger partial charge in [0.2, 0.25) is 5.91 Å². The minimum atomic E-state index is 0.0613. The van der Waals surface area contributed by atoms with Crippen molar-refractivity contribution in [3.63, 3.8) is 0 Å². The van der Waals surface area contributed by atoms with Crippen molar-refractivity contribution in [3.05, 3.63) is 29.3 Å². The van der Waals surface area contributed by atoms with Crippen LogP contribution in [0.1, 0.15) is 32.6 Å². The molecule has 2 atom stereocenters. The van der Waals surface area contributed by atoms with E-state index in [9.17, 15) is 4.79 Å². The van der Waals surface area contributed by atoms with Gasteiger partial charge in [-0.3, -0.25) is 4.79 Å². The molecule has 1 fully saturated rings. The molecule has 4 heteroatoms. The van der Waals surface area contributed by atoms with Crippen LogP contribution >= 0.6 is 11.6 Å². The molecule has 1 aromatic rings. The molecular formula is C15H20ClNO2. The Balaban J connectivity index is 1.68. The van der Waals surface area contributed by atoms with Crippen molar-refractivity contribution in [1.29, 1.82) is 0 Å². The molecule has 1 amide bonds. The number of ether oxygens (including phenoxy) is 1. The number of benzene rings is 1. The monoisotopic (exact) mass is 281 g/mol. The van der Waals surface area contributed by atoms with Crippen molar-refractivity contribution in [2.75, 3.05) is 6.61 Å². The van der Waals surface area contributed by atoms with Gasteiger partial charge in [0.15, 0.2) is 0 Å². The highest BCUT2D eigenvalue weighted by atomic mass is 35.5. The number of para-hydroxylation sites is 1. The van der Waals surface area contributed by atoms with Gasteiger partial charge >= 0.3 is 0 Å². The van der Waals surface area contributed by atoms with Crippen LogP contribution in [0.5, 0.6) is 5.75 Å². The maximum atomic E-state index is 11.8. The first-order valence-electron chi connectivity index (χ1n) is 6.82. The lowest BCUT2D eigenvalue weighted by Crippen LogP contribution is -2.33. The molecule has 1 saturated carbocycles. The Morgan fingerprint density at radius 2 is 2.21 bits per heavy atom. The van der Waals surface area contributed by atoms with Crippen molar-refractivity contribution in [2.45, 2.75) is 38.6 Å². The van der Waals surface area contributed by atoms with Crippen LogP contribution in [0.4, 0.5) is 0 Å². The van der Waals surface area contributed by atoms with Crippen LogP contribution in [0.15, 0.2) is 24.3 Å². The molecule has 1 aliphatic rings. The molecule has 104 valence electrons. The van der Waals surface area contributed by atoms with Crippen LogP contribution in [0, 0.1) is 5.92 Å². The summed E-state index contributed by atoms with van der Waals surface area (Å²) >= 11 is 5.97. The molecule has 0 spiro atoms. The van der Waals surface area contributed by atoms with Crippen molar-refractivity contribution in [1.82, 2.24) is 5.32 Å². The van der Waals surface area contributed by atoms with Crippen molar-refractivity contribution in [2.24, 2.45) is 5.92 Å². The topological polar surface area (TPSA) is 38.3 Å². The third-order valence-electron chi connectivity index (χ3n) is 3.48. The molecule has 3 nitrogen and oxygen atoms in total. The Bertz CT molecular complexity index is 436. The third-order valence-corrected chi connectivity index (χ3v) is 3.80. The van der Waals surface area contributed by atoms with Crippen LogP contribution < -0.4 is 10.1 Å². The summed E-state index contributed by atoms with van der Waals surface area (Å²) in [6.07, 6.45) is 3.77. The van der Waals surface area contributed by atoms with Crippen LogP contribution in [0.2, 0.25) is 5.02 Å². The molecule has 1 aromatic carbocycles. The number of carbonyl (C=O) groups is 1. The third kappa shape index (κ3) is 4.43. The maximum absolute atomic E-state index is 11.8. The van der Waals surface area contributed by atoms with Crippen molar-refractivity contribution < 1.29 is 9.53 Å². The van der Waals surface area contributed by atoms with Gasteiger partial charge < -0.3 is 10.1 Å². The van der Waals surface area contributed by atoms with Gasteiger partial charge in [-0.25, -0.2) is 0 Å². The molecule has 0 saturated heterocycles. The van der Waals surface area contributed by atoms with E-state index in [0.717, 1.165) is 18.8 Å². The van der Waals surface area contributed by atoms with Crippen LogP contribution in [-0.2, 0) is 4.79 Å². The minimum absolute atomic E-state index is 0.0613. The molecule has 0 aliphatic heterocycles. The van der Waals surface area contributed by atoms with E-state index in [4.69, 9.17) is 16.3 Å². The highest BCUT2D eigenvalue weighted by molar-refractivity contribution is 6.32. The number of hydrogen-bond acceptors (Lipinski definition) is 2. The van der Waals surface area contributed by atoms with E-state index >= 15 is 0 Å². The fraction of sp³-hybridized carbons (Fsp3) is 0.533. The summed E-state index contributed by atoms with van der Waals surface area (Å²) in [6, 6.07) is 7.64. The van der Waals surface area contributed by atoms with Crippen molar-refractivity contribution >= 4 is 17.5 Å². The van der Waals surface area contributed by atoms with Gasteiger partial charge in [0.25, 0.3) is 0 Å². The molecule has 1 N–H and O–H groups in total. The highest BCUT2D eigenvalue weighted by Crippen LogP contribution is 2.25. The van der Waals surface area contributed by atoms with Gasteiger partial charge in [-0.2, -0.15) is 0 Å². The first-order valence-corrected chi connectivity index (χ1v) is 7.19. The Labute approximate surface area is 119 Å². The van der Waals surface area contributed by atoms with E-state index in [-0.39, 0.29) is 5.91 Å². The first kappa shape index (κ1) is 14.2. The number of nitrogens with one attached hydrogen (secondary N) is 1. The zero-order chi connectivity index (χ0) is 13.7. The summed E-state index contributed by atoms with van der Waals surface area (Å²) in [7, 11) is 0. The Kier molecular flexibility index (Phi) is 5.08. The van der Waals surface area contributed by atoms with Gasteiger partial charge in [-0.1, -0.05) is 30.7 Å². The van der Waals surface area contributed by atoms with Crippen LogP contribution in [0.25, 0.3) is 0 Å². The Morgan fingerprint density at radius 1 is 1.42 bits per heavy atom. The lowest BCUT2D eigenvalue weighted by Gasteiger charge is -2.13. The number of carbonyl (C=O) groups excluding carboxylic acids is 1. The smallest absolute Gasteiger partial charge is 0.223 e. The quantitative estimate of drug-likeness (QED) is 0.898. The summed E-state index contributed by atoms with van der Waals surface area (Å²) in [5.74, 6) is 1.42. The summed E-state index contributed by atoms with van der Waals surface area (Å²) < 4.78 is 5.50. The Morgan fingerprint density at radius 3 is 2.89 bits per heavy atom. The normalized spacial score (nSPS) is 22.2. The maximum Gasteiger partial charge on any atom is 0.223 e. The van der Waals surface area contributed by atoms with E-state index in [0.29, 0.717) is 29.8 Å². The first-order chi connectivity index (χ1) is 9.15. The van der Waals surface area contributed by atoms with Gasteiger partial charge in [0, 0.05) is 6.04 Å². The van der Waals surface area contributed by atoms with E-state index < -0.39 is 0 Å². The van der Waals surface area contributed by atoms with Gasteiger partial charge in [0.1, 0.15) is 5.75 Å². The molecule has 0 radical (unpaired) electrons. The van der Waals surface area contributed by atoms with E-state index in [1.807, 2.05) is 12.1 Å². The molecule has 2 unspecified atom stereocenters. The second-order valence-corrected chi connectivity index (χ2v) is 5.62. The molecular weight excluding hydrogens is 262 g/mol. The number of hydrogen-bond donors (Lipinski definition) is 1. The number of rotatable bonds is 5. The van der Waals surface area contributed by atoms with E-state index in [1.165, 1.54) is 6.42 Å². The number of amides is 1. The Hall–Kier alpha value is -1.22. The minimum Gasteiger partial charge on any atom is -0.491 e. The standard InChI is InChI=1S/C15H20ClNO2/c1-11-6-7-12(10-11)17-15(18)8-9-19-14-5-3-2-4-13(14)16/h2-5,11-12H,6-10H2,1H3,(H,17,18). The largest absolute Gasteiger partial charge is 0.491 e. The summed E-state index contributed by atoms with van der Waals surface area (Å²) in [5, 5.41) is 3.63. The predicted octanol–water partition coefficient (Wildman–Crippen LogP) is 3.41. The second-order valence-electron chi connectivity index (χ2n) is 5.21. The average molecular weight is 282 g/mol. The van der Waals surface area contributed by atoms with Gasteiger partial charge in [0.05, 0.1) is 18.1 Å². The molecule has 1 aliphatic carbocycles. The summed E-state index contributed by atoms with van der Waals surface area (Å²) in [4.78, 5) is 11.8. The summed E-state index contributed by atoms with van der Waals surface area (Å²) in [6.45, 7) is 2.59. The van der Waals surface area contributed by atoms with Gasteiger partial charge in [-0.05, 0) is 37.3 Å². The van der Waals surface area contributed by atoms with E-state index in [1.54, 1.807) is 12.1 Å². The van der Waals surface area contributed by atoms with Gasteiger partial charge in [-0.15, -0.1) is 0 Å². The lowest BCUT2D eigenvalue weighted by molar-refractivity contribution is -0.122. The predicted molar refractivity (Wildman–Crippen MR) is 76.5 cm³/mol. The SMILES string of the molecule is CC1CCC(NC(=O)CCOc2ccccc2Cl)C1. The molecule has 19 heavy (non-hydrogen) atoms. The summed E-state index contributed by atoms with van der Waals surface area (Å²) in [5.41, 5.74) is 0. The van der Waals surface area contributed by atoms with Crippen molar-refractivity contribution in [3.8, 4) is 5.75 Å². The van der Waals surface area contributed by atoms with Crippen LogP contribution in [-0.4, -0.2) is 18.6 Å². The average Bonchev–Trinajstić information content (AvgIpc) is 2.77. The van der Waals surface area contributed by atoms with E-state index in [2.05, 4.69) is 12.2 Å².